The number of ether oxygens (including phenoxy) is 1. The van der Waals surface area contributed by atoms with Gasteiger partial charge in [0.25, 0.3) is 0 Å². The Balaban J connectivity index is 2.96. The number of rotatable bonds is 3. The van der Waals surface area contributed by atoms with Gasteiger partial charge in [-0.25, -0.2) is 4.79 Å². The average Bonchev–Trinajstić information content (AvgIpc) is 2.26. The van der Waals surface area contributed by atoms with E-state index in [1.165, 1.54) is 7.11 Å². The highest BCUT2D eigenvalue weighted by Crippen LogP contribution is 2.18. The fourth-order valence-corrected chi connectivity index (χ4v) is 1.25. The molecule has 5 nitrogen and oxygen atoms in total. The van der Waals surface area contributed by atoms with Crippen LogP contribution >= 0.6 is 11.6 Å². The van der Waals surface area contributed by atoms with E-state index in [0.29, 0.717) is 10.7 Å². The topological polar surface area (TPSA) is 66.8 Å². The minimum atomic E-state index is -1.12. The van der Waals surface area contributed by atoms with Crippen molar-refractivity contribution < 1.29 is 19.4 Å². The molecule has 0 heterocycles. The number of carbonyl (C=O) groups excluding carboxylic acids is 1. The Hall–Kier alpha value is -1.75. The second-order valence-corrected chi connectivity index (χ2v) is 3.36. The molecule has 0 unspecified atom stereocenters. The molecule has 0 bridgehead atoms. The monoisotopic (exact) mass is 243 g/mol. The zero-order valence-corrected chi connectivity index (χ0v) is 9.27. The highest BCUT2D eigenvalue weighted by Gasteiger charge is 2.18. The first-order valence-corrected chi connectivity index (χ1v) is 4.75. The Bertz CT molecular complexity index is 390. The zero-order chi connectivity index (χ0) is 12.1. The lowest BCUT2D eigenvalue weighted by Gasteiger charge is -2.18. The van der Waals surface area contributed by atoms with Crippen LogP contribution in [0.2, 0.25) is 5.02 Å². The molecule has 0 atom stereocenters. The molecule has 1 aromatic rings. The Morgan fingerprint density at radius 1 is 1.38 bits per heavy atom. The molecule has 0 saturated heterocycles. The predicted molar refractivity (Wildman–Crippen MR) is 58.8 cm³/mol. The Morgan fingerprint density at radius 3 is 2.38 bits per heavy atom. The molecule has 86 valence electrons. The van der Waals surface area contributed by atoms with Crippen LogP contribution in [0.5, 0.6) is 0 Å². The first-order valence-electron chi connectivity index (χ1n) is 4.37. The summed E-state index contributed by atoms with van der Waals surface area (Å²) >= 11 is 5.68. The van der Waals surface area contributed by atoms with Crippen LogP contribution in [0, 0.1) is 0 Å². The van der Waals surface area contributed by atoms with E-state index in [9.17, 15) is 9.59 Å². The molecule has 16 heavy (non-hydrogen) atoms. The number of benzene rings is 1. The molecule has 0 spiro atoms. The minimum Gasteiger partial charge on any atom is -0.480 e. The summed E-state index contributed by atoms with van der Waals surface area (Å²) in [6.07, 6.45) is -0.732. The standard InChI is InChI=1S/C10H10ClNO4/c1-16-10(15)12(6-9(13)14)8-4-2-7(11)3-5-8/h2-5H,6H2,1H3,(H,13,14). The van der Waals surface area contributed by atoms with Crippen molar-refractivity contribution in [2.24, 2.45) is 0 Å². The molecule has 1 amide bonds. The largest absolute Gasteiger partial charge is 0.480 e. The number of carboxylic acids is 1. The molecule has 1 N–H and O–H groups in total. The molecule has 0 radical (unpaired) electrons. The lowest BCUT2D eigenvalue weighted by atomic mass is 10.3. The summed E-state index contributed by atoms with van der Waals surface area (Å²) in [5, 5.41) is 9.17. The summed E-state index contributed by atoms with van der Waals surface area (Å²) in [5.41, 5.74) is 0.415. The van der Waals surface area contributed by atoms with Crippen molar-refractivity contribution in [2.75, 3.05) is 18.6 Å². The van der Waals surface area contributed by atoms with Crippen LogP contribution in [0.15, 0.2) is 24.3 Å². The first-order chi connectivity index (χ1) is 7.54. The Kier molecular flexibility index (Phi) is 4.13. The van der Waals surface area contributed by atoms with Gasteiger partial charge in [0.1, 0.15) is 6.54 Å². The van der Waals surface area contributed by atoms with Crippen LogP contribution in [0.1, 0.15) is 0 Å². The summed E-state index contributed by atoms with van der Waals surface area (Å²) in [6, 6.07) is 6.22. The van der Waals surface area contributed by atoms with Gasteiger partial charge in [-0.3, -0.25) is 9.69 Å². The van der Waals surface area contributed by atoms with E-state index in [4.69, 9.17) is 16.7 Å². The Labute approximate surface area is 97.2 Å². The summed E-state index contributed by atoms with van der Waals surface area (Å²) < 4.78 is 4.49. The smallest absolute Gasteiger partial charge is 0.414 e. The number of hydrogen-bond donors (Lipinski definition) is 1. The van der Waals surface area contributed by atoms with Crippen LogP contribution in [0.3, 0.4) is 0 Å². The van der Waals surface area contributed by atoms with E-state index < -0.39 is 18.6 Å². The molecular formula is C10H10ClNO4. The van der Waals surface area contributed by atoms with Crippen molar-refractivity contribution in [3.05, 3.63) is 29.3 Å². The van der Waals surface area contributed by atoms with E-state index in [2.05, 4.69) is 4.74 Å². The van der Waals surface area contributed by atoms with E-state index in [0.717, 1.165) is 4.90 Å². The third kappa shape index (κ3) is 3.13. The fourth-order valence-electron chi connectivity index (χ4n) is 1.13. The second-order valence-electron chi connectivity index (χ2n) is 2.93. The number of carbonyl (C=O) groups is 2. The molecule has 1 aromatic carbocycles. The van der Waals surface area contributed by atoms with E-state index in [1.54, 1.807) is 24.3 Å². The molecule has 0 aliphatic heterocycles. The van der Waals surface area contributed by atoms with E-state index in [-0.39, 0.29) is 0 Å². The Morgan fingerprint density at radius 2 is 1.94 bits per heavy atom. The third-order valence-electron chi connectivity index (χ3n) is 1.83. The van der Waals surface area contributed by atoms with Crippen molar-refractivity contribution in [1.29, 1.82) is 0 Å². The molecule has 0 fully saturated rings. The number of amides is 1. The average molecular weight is 244 g/mol. The predicted octanol–water partition coefficient (Wildman–Crippen LogP) is 2.00. The number of methoxy groups -OCH3 is 1. The highest BCUT2D eigenvalue weighted by atomic mass is 35.5. The van der Waals surface area contributed by atoms with E-state index in [1.807, 2.05) is 0 Å². The lowest BCUT2D eigenvalue weighted by molar-refractivity contribution is -0.135. The molecule has 1 rings (SSSR count). The number of aliphatic carboxylic acids is 1. The fraction of sp³-hybridized carbons (Fsp3) is 0.200. The minimum absolute atomic E-state index is 0.415. The van der Waals surface area contributed by atoms with Gasteiger partial charge in [0.05, 0.1) is 7.11 Å². The maximum absolute atomic E-state index is 11.3. The molecule has 6 heteroatoms. The van der Waals surface area contributed by atoms with Gasteiger partial charge in [-0.2, -0.15) is 0 Å². The van der Waals surface area contributed by atoms with Crippen LogP contribution in [0.4, 0.5) is 10.5 Å². The lowest BCUT2D eigenvalue weighted by Crippen LogP contribution is -2.35. The zero-order valence-electron chi connectivity index (χ0n) is 8.51. The van der Waals surface area contributed by atoms with Crippen molar-refractivity contribution in [3.8, 4) is 0 Å². The van der Waals surface area contributed by atoms with Crippen molar-refractivity contribution in [1.82, 2.24) is 0 Å². The van der Waals surface area contributed by atoms with Gasteiger partial charge in [0, 0.05) is 10.7 Å². The van der Waals surface area contributed by atoms with Crippen molar-refractivity contribution in [3.63, 3.8) is 0 Å². The number of nitrogens with zero attached hydrogens (tertiary/aromatic N) is 1. The maximum Gasteiger partial charge on any atom is 0.414 e. The van der Waals surface area contributed by atoms with Gasteiger partial charge in [0.15, 0.2) is 0 Å². The normalized spacial score (nSPS) is 9.62. The second kappa shape index (κ2) is 5.37. The molecule has 0 aromatic heterocycles. The van der Waals surface area contributed by atoms with Crippen LogP contribution < -0.4 is 4.90 Å². The number of anilines is 1. The van der Waals surface area contributed by atoms with Crippen LogP contribution in [-0.4, -0.2) is 30.8 Å². The quantitative estimate of drug-likeness (QED) is 0.882. The number of hydrogen-bond acceptors (Lipinski definition) is 3. The van der Waals surface area contributed by atoms with E-state index >= 15 is 0 Å². The third-order valence-corrected chi connectivity index (χ3v) is 2.08. The van der Waals surface area contributed by atoms with Crippen LogP contribution in [-0.2, 0) is 9.53 Å². The summed E-state index contributed by atoms with van der Waals surface area (Å²) in [6.45, 7) is -0.464. The first kappa shape index (κ1) is 12.3. The highest BCUT2D eigenvalue weighted by molar-refractivity contribution is 6.30. The summed E-state index contributed by atoms with van der Waals surface area (Å²) in [4.78, 5) is 22.9. The number of carboxylic acid groups (broad SMARTS) is 1. The maximum atomic E-state index is 11.3. The molecule has 0 aliphatic carbocycles. The SMILES string of the molecule is COC(=O)N(CC(=O)O)c1ccc(Cl)cc1. The summed E-state index contributed by atoms with van der Waals surface area (Å²) in [5.74, 6) is -1.12. The van der Waals surface area contributed by atoms with Gasteiger partial charge in [-0.1, -0.05) is 11.6 Å². The molecular weight excluding hydrogens is 234 g/mol. The molecule has 0 aliphatic rings. The van der Waals surface area contributed by atoms with Gasteiger partial charge in [-0.05, 0) is 24.3 Å². The van der Waals surface area contributed by atoms with Crippen molar-refractivity contribution >= 4 is 29.4 Å². The van der Waals surface area contributed by atoms with Gasteiger partial charge < -0.3 is 9.84 Å². The molecule has 0 saturated carbocycles. The number of halogens is 1. The van der Waals surface area contributed by atoms with Crippen molar-refractivity contribution in [2.45, 2.75) is 0 Å². The van der Waals surface area contributed by atoms with Crippen LogP contribution in [0.25, 0.3) is 0 Å². The van der Waals surface area contributed by atoms with Gasteiger partial charge in [0.2, 0.25) is 0 Å². The van der Waals surface area contributed by atoms with Gasteiger partial charge in [-0.15, -0.1) is 0 Å². The van der Waals surface area contributed by atoms with Gasteiger partial charge >= 0.3 is 12.1 Å². The summed E-state index contributed by atoms with van der Waals surface area (Å²) in [7, 11) is 1.19.